The molecule has 0 unspecified atom stereocenters. The van der Waals surface area contributed by atoms with Gasteiger partial charge in [0.05, 0.1) is 18.6 Å². The van der Waals surface area contributed by atoms with Crippen LogP contribution in [0.2, 0.25) is 0 Å². The average Bonchev–Trinajstić information content (AvgIpc) is 2.94. The molecule has 0 spiro atoms. The molecule has 2 aromatic rings. The molecule has 0 aromatic heterocycles. The number of rotatable bonds is 2. The van der Waals surface area contributed by atoms with Crippen LogP contribution in [-0.4, -0.2) is 29.4 Å². The molecule has 1 aliphatic carbocycles. The lowest BCUT2D eigenvalue weighted by atomic mass is 9.77. The second kappa shape index (κ2) is 5.62. The van der Waals surface area contributed by atoms with E-state index < -0.39 is 0 Å². The zero-order valence-corrected chi connectivity index (χ0v) is 14.7. The summed E-state index contributed by atoms with van der Waals surface area (Å²) in [5.41, 5.74) is 5.34. The summed E-state index contributed by atoms with van der Waals surface area (Å²) in [7, 11) is 0. The van der Waals surface area contributed by atoms with Crippen LogP contribution in [0.25, 0.3) is 0 Å². The molecule has 1 saturated carbocycles. The number of anilines is 1. The van der Waals surface area contributed by atoms with Crippen LogP contribution in [-0.2, 0) is 11.3 Å². The summed E-state index contributed by atoms with van der Waals surface area (Å²) < 4.78 is 0. The molecule has 2 fully saturated rings. The number of hydrogen-bond acceptors (Lipinski definition) is 2. The molecule has 1 amide bonds. The maximum Gasteiger partial charge on any atom is 0.242 e. The van der Waals surface area contributed by atoms with Crippen LogP contribution in [0, 0.1) is 6.92 Å². The van der Waals surface area contributed by atoms with Gasteiger partial charge in [0, 0.05) is 18.2 Å². The van der Waals surface area contributed by atoms with Crippen LogP contribution < -0.4 is 4.90 Å². The SMILES string of the molecule is Cc1ccc2c(c1)[C@H]1CCC[C@@H]3[C@H]1N2CC(=O)N3Cc1ccccc1. The van der Waals surface area contributed by atoms with Gasteiger partial charge in [0.15, 0.2) is 0 Å². The van der Waals surface area contributed by atoms with E-state index in [4.69, 9.17) is 0 Å². The molecule has 25 heavy (non-hydrogen) atoms. The molecular weight excluding hydrogens is 308 g/mol. The molecule has 2 heterocycles. The Balaban J connectivity index is 1.52. The van der Waals surface area contributed by atoms with Gasteiger partial charge in [-0.25, -0.2) is 0 Å². The third kappa shape index (κ3) is 2.29. The standard InChI is InChI=1S/C22H24N2O/c1-15-10-11-19-18(12-15)17-8-5-9-20-22(17)24(19)14-21(25)23(20)13-16-6-3-2-4-7-16/h2-4,6-7,10-12,17,20,22H,5,8-9,13-14H2,1H3/t17-,20-,22+/m1/s1. The zero-order valence-electron chi connectivity index (χ0n) is 14.7. The van der Waals surface area contributed by atoms with Crippen molar-refractivity contribution in [1.82, 2.24) is 4.90 Å². The number of carbonyl (C=O) groups excluding carboxylic acids is 1. The zero-order chi connectivity index (χ0) is 17.0. The molecule has 3 aliphatic rings. The van der Waals surface area contributed by atoms with Crippen molar-refractivity contribution in [2.45, 2.75) is 50.7 Å². The summed E-state index contributed by atoms with van der Waals surface area (Å²) in [6.07, 6.45) is 3.59. The summed E-state index contributed by atoms with van der Waals surface area (Å²) in [6.45, 7) is 3.45. The van der Waals surface area contributed by atoms with E-state index in [0.717, 1.165) is 13.0 Å². The highest BCUT2D eigenvalue weighted by molar-refractivity contribution is 5.86. The third-order valence-corrected chi connectivity index (χ3v) is 6.30. The predicted molar refractivity (Wildman–Crippen MR) is 99.7 cm³/mol. The fourth-order valence-corrected chi connectivity index (χ4v) is 5.25. The number of hydrogen-bond donors (Lipinski definition) is 0. The summed E-state index contributed by atoms with van der Waals surface area (Å²) >= 11 is 0. The van der Waals surface area contributed by atoms with Gasteiger partial charge >= 0.3 is 0 Å². The Morgan fingerprint density at radius 2 is 1.92 bits per heavy atom. The first kappa shape index (κ1) is 15.0. The average molecular weight is 332 g/mol. The van der Waals surface area contributed by atoms with E-state index >= 15 is 0 Å². The van der Waals surface area contributed by atoms with Gasteiger partial charge in [-0.15, -0.1) is 0 Å². The Bertz CT molecular complexity index is 816. The molecule has 1 saturated heterocycles. The number of amides is 1. The maximum absolute atomic E-state index is 13.0. The Hall–Kier alpha value is -2.29. The molecule has 2 aliphatic heterocycles. The number of benzene rings is 2. The minimum atomic E-state index is 0.277. The number of carbonyl (C=O) groups is 1. The Labute approximate surface area is 149 Å². The topological polar surface area (TPSA) is 23.6 Å². The van der Waals surface area contributed by atoms with Crippen molar-refractivity contribution in [3.8, 4) is 0 Å². The van der Waals surface area contributed by atoms with Gasteiger partial charge in [-0.05, 0) is 37.0 Å². The normalized spacial score (nSPS) is 27.2. The Morgan fingerprint density at radius 3 is 2.76 bits per heavy atom. The van der Waals surface area contributed by atoms with Crippen LogP contribution in [0.15, 0.2) is 48.5 Å². The van der Waals surface area contributed by atoms with Crippen molar-refractivity contribution >= 4 is 11.6 Å². The van der Waals surface area contributed by atoms with E-state index in [2.05, 4.69) is 59.2 Å². The molecule has 3 atom stereocenters. The molecule has 2 aromatic carbocycles. The van der Waals surface area contributed by atoms with E-state index in [1.165, 1.54) is 35.2 Å². The molecule has 0 bridgehead atoms. The second-order valence-electron chi connectivity index (χ2n) is 7.79. The maximum atomic E-state index is 13.0. The van der Waals surface area contributed by atoms with Gasteiger partial charge in [0.1, 0.15) is 0 Å². The van der Waals surface area contributed by atoms with Crippen LogP contribution in [0.1, 0.15) is 41.9 Å². The van der Waals surface area contributed by atoms with E-state index in [1.54, 1.807) is 0 Å². The van der Waals surface area contributed by atoms with E-state index in [-0.39, 0.29) is 5.91 Å². The second-order valence-corrected chi connectivity index (χ2v) is 7.79. The first-order valence-corrected chi connectivity index (χ1v) is 9.43. The van der Waals surface area contributed by atoms with E-state index in [9.17, 15) is 4.79 Å². The van der Waals surface area contributed by atoms with Gasteiger partial charge in [-0.1, -0.05) is 54.4 Å². The lowest BCUT2D eigenvalue weighted by Gasteiger charge is -2.49. The van der Waals surface area contributed by atoms with Crippen molar-refractivity contribution in [3.63, 3.8) is 0 Å². The predicted octanol–water partition coefficient (Wildman–Crippen LogP) is 3.86. The van der Waals surface area contributed by atoms with Gasteiger partial charge in [0.2, 0.25) is 5.91 Å². The number of nitrogens with zero attached hydrogens (tertiary/aromatic N) is 2. The summed E-state index contributed by atoms with van der Waals surface area (Å²) in [5, 5.41) is 0. The fourth-order valence-electron chi connectivity index (χ4n) is 5.25. The lowest BCUT2D eigenvalue weighted by Crippen LogP contribution is -2.62. The highest BCUT2D eigenvalue weighted by atomic mass is 16.2. The Morgan fingerprint density at radius 1 is 1.08 bits per heavy atom. The van der Waals surface area contributed by atoms with E-state index in [0.29, 0.717) is 24.5 Å². The van der Waals surface area contributed by atoms with Gasteiger partial charge < -0.3 is 9.80 Å². The molecule has 128 valence electrons. The largest absolute Gasteiger partial charge is 0.356 e. The summed E-state index contributed by atoms with van der Waals surface area (Å²) in [4.78, 5) is 17.6. The van der Waals surface area contributed by atoms with Crippen LogP contribution in [0.5, 0.6) is 0 Å². The first-order chi connectivity index (χ1) is 12.2. The fraction of sp³-hybridized carbons (Fsp3) is 0.409. The third-order valence-electron chi connectivity index (χ3n) is 6.30. The number of aryl methyl sites for hydroxylation is 1. The minimum absolute atomic E-state index is 0.277. The molecule has 3 nitrogen and oxygen atoms in total. The molecule has 0 N–H and O–H groups in total. The highest BCUT2D eigenvalue weighted by Gasteiger charge is 2.51. The summed E-state index contributed by atoms with van der Waals surface area (Å²) in [6, 6.07) is 18.0. The van der Waals surface area contributed by atoms with Crippen molar-refractivity contribution in [2.24, 2.45) is 0 Å². The van der Waals surface area contributed by atoms with Crippen molar-refractivity contribution < 1.29 is 4.79 Å². The molecular formula is C22H24N2O. The van der Waals surface area contributed by atoms with Crippen LogP contribution >= 0.6 is 0 Å². The quantitative estimate of drug-likeness (QED) is 0.834. The van der Waals surface area contributed by atoms with E-state index in [1.807, 2.05) is 6.07 Å². The van der Waals surface area contributed by atoms with Gasteiger partial charge in [0.25, 0.3) is 0 Å². The monoisotopic (exact) mass is 332 g/mol. The number of fused-ring (bicyclic) bond motifs is 3. The smallest absolute Gasteiger partial charge is 0.242 e. The molecule has 5 rings (SSSR count). The number of piperazine rings is 1. The van der Waals surface area contributed by atoms with Crippen molar-refractivity contribution in [1.29, 1.82) is 0 Å². The van der Waals surface area contributed by atoms with Crippen molar-refractivity contribution in [2.75, 3.05) is 11.4 Å². The van der Waals surface area contributed by atoms with Gasteiger partial charge in [-0.2, -0.15) is 0 Å². The van der Waals surface area contributed by atoms with Crippen LogP contribution in [0.4, 0.5) is 5.69 Å². The molecule has 3 heteroatoms. The summed E-state index contributed by atoms with van der Waals surface area (Å²) in [5.74, 6) is 0.860. The highest BCUT2D eigenvalue weighted by Crippen LogP contribution is 2.50. The molecule has 0 radical (unpaired) electrons. The van der Waals surface area contributed by atoms with Crippen molar-refractivity contribution in [3.05, 3.63) is 65.2 Å². The lowest BCUT2D eigenvalue weighted by molar-refractivity contribution is -0.136. The van der Waals surface area contributed by atoms with Gasteiger partial charge in [-0.3, -0.25) is 4.79 Å². The minimum Gasteiger partial charge on any atom is -0.356 e. The Kier molecular flexibility index (Phi) is 3.37. The van der Waals surface area contributed by atoms with Crippen LogP contribution in [0.3, 0.4) is 0 Å². The first-order valence-electron chi connectivity index (χ1n) is 9.43.